The van der Waals surface area contributed by atoms with E-state index in [2.05, 4.69) is 66.7 Å². The molecule has 0 atom stereocenters. The molecule has 2 aliphatic rings. The number of hydrogen-bond acceptors (Lipinski definition) is 6. The molecule has 5 nitrogen and oxygen atoms in total. The average molecular weight is 385 g/mol. The van der Waals surface area contributed by atoms with E-state index in [1.54, 1.807) is 11.3 Å². The summed E-state index contributed by atoms with van der Waals surface area (Å²) in [6, 6.07) is 8.69. The maximum atomic E-state index is 6.14. The van der Waals surface area contributed by atoms with Crippen molar-refractivity contribution >= 4 is 29.0 Å². The highest BCUT2D eigenvalue weighted by Gasteiger charge is 2.51. The van der Waals surface area contributed by atoms with E-state index >= 15 is 0 Å². The molecule has 0 aliphatic carbocycles. The van der Waals surface area contributed by atoms with Gasteiger partial charge in [0.15, 0.2) is 5.13 Å². The number of aromatic nitrogens is 1. The van der Waals surface area contributed by atoms with Crippen molar-refractivity contribution < 1.29 is 9.31 Å². The zero-order chi connectivity index (χ0) is 19.1. The molecular formula is C20H28BN3O2S. The average Bonchev–Trinajstić information content (AvgIpc) is 3.23. The molecular weight excluding hydrogens is 357 g/mol. The lowest BCUT2D eigenvalue weighted by atomic mass is 9.79. The molecule has 1 aromatic carbocycles. The monoisotopic (exact) mass is 385 g/mol. The van der Waals surface area contributed by atoms with Gasteiger partial charge >= 0.3 is 7.12 Å². The third-order valence-corrected chi connectivity index (χ3v) is 6.81. The largest absolute Gasteiger partial charge is 0.494 e. The summed E-state index contributed by atoms with van der Waals surface area (Å²) in [6.07, 6.45) is 1.88. The van der Waals surface area contributed by atoms with Crippen molar-refractivity contribution in [2.75, 3.05) is 31.1 Å². The van der Waals surface area contributed by atoms with Crippen molar-refractivity contribution in [1.82, 2.24) is 9.88 Å². The quantitative estimate of drug-likeness (QED) is 0.757. The van der Waals surface area contributed by atoms with Crippen molar-refractivity contribution in [2.24, 2.45) is 0 Å². The Kier molecular flexibility index (Phi) is 5.05. The highest BCUT2D eigenvalue weighted by molar-refractivity contribution is 7.13. The summed E-state index contributed by atoms with van der Waals surface area (Å²) in [6.45, 7) is 13.6. The predicted molar refractivity (Wildman–Crippen MR) is 112 cm³/mol. The van der Waals surface area contributed by atoms with Gasteiger partial charge < -0.3 is 14.2 Å². The van der Waals surface area contributed by atoms with E-state index in [9.17, 15) is 0 Å². The Morgan fingerprint density at radius 2 is 1.63 bits per heavy atom. The molecule has 0 spiro atoms. The van der Waals surface area contributed by atoms with Gasteiger partial charge in [0.25, 0.3) is 0 Å². The Balaban J connectivity index is 1.33. The van der Waals surface area contributed by atoms with Crippen LogP contribution >= 0.6 is 11.3 Å². The second-order valence-electron chi connectivity index (χ2n) is 8.41. The molecule has 0 amide bonds. The lowest BCUT2D eigenvalue weighted by Gasteiger charge is -2.34. The van der Waals surface area contributed by atoms with Gasteiger partial charge in [0.2, 0.25) is 0 Å². The first-order valence-electron chi connectivity index (χ1n) is 9.65. The van der Waals surface area contributed by atoms with Crippen LogP contribution in [0.25, 0.3) is 0 Å². The van der Waals surface area contributed by atoms with Gasteiger partial charge in [-0.15, -0.1) is 11.3 Å². The van der Waals surface area contributed by atoms with Gasteiger partial charge in [-0.25, -0.2) is 4.98 Å². The molecule has 2 aliphatic heterocycles. The first-order valence-corrected chi connectivity index (χ1v) is 10.5. The number of rotatable bonds is 4. The Morgan fingerprint density at radius 1 is 1.00 bits per heavy atom. The van der Waals surface area contributed by atoms with Crippen LogP contribution in [0, 0.1) is 0 Å². The Bertz CT molecular complexity index is 740. The smallest absolute Gasteiger partial charge is 0.399 e. The number of nitrogens with zero attached hydrogens (tertiary/aromatic N) is 3. The van der Waals surface area contributed by atoms with Crippen molar-refractivity contribution in [2.45, 2.75) is 45.4 Å². The maximum absolute atomic E-state index is 6.14. The molecule has 7 heteroatoms. The fraction of sp³-hybridized carbons (Fsp3) is 0.550. The minimum absolute atomic E-state index is 0.286. The highest BCUT2D eigenvalue weighted by atomic mass is 32.1. The van der Waals surface area contributed by atoms with Crippen LogP contribution in [0.1, 0.15) is 33.3 Å². The van der Waals surface area contributed by atoms with Crippen molar-refractivity contribution in [3.05, 3.63) is 41.4 Å². The number of thiazole rings is 1. The third-order valence-electron chi connectivity index (χ3n) is 5.97. The summed E-state index contributed by atoms with van der Waals surface area (Å²) >= 11 is 1.72. The van der Waals surface area contributed by atoms with Crippen LogP contribution in [0.15, 0.2) is 35.8 Å². The summed E-state index contributed by atoms with van der Waals surface area (Å²) < 4.78 is 12.3. The summed E-state index contributed by atoms with van der Waals surface area (Å²) in [7, 11) is -0.286. The standard InChI is InChI=1S/C20H28BN3O2S/c1-19(2)20(3,4)26-21(25-19)17-7-5-16(6-8-17)15-23-10-12-24(13-11-23)18-22-9-14-27-18/h5-9,14H,10-13,15H2,1-4H3. The van der Waals surface area contributed by atoms with E-state index < -0.39 is 0 Å². The summed E-state index contributed by atoms with van der Waals surface area (Å²) in [5, 5.41) is 3.19. The van der Waals surface area contributed by atoms with Gasteiger partial charge in [-0.1, -0.05) is 24.3 Å². The second-order valence-corrected chi connectivity index (χ2v) is 9.28. The molecule has 0 saturated carbocycles. The molecule has 2 fully saturated rings. The number of anilines is 1. The van der Waals surface area contributed by atoms with E-state index in [-0.39, 0.29) is 18.3 Å². The fourth-order valence-corrected chi connectivity index (χ4v) is 4.18. The van der Waals surface area contributed by atoms with Crippen LogP contribution in [0.3, 0.4) is 0 Å². The molecule has 0 radical (unpaired) electrons. The van der Waals surface area contributed by atoms with E-state index in [1.165, 1.54) is 5.56 Å². The molecule has 4 rings (SSSR count). The van der Waals surface area contributed by atoms with Crippen LogP contribution in [0.2, 0.25) is 0 Å². The van der Waals surface area contributed by atoms with Crippen LogP contribution in [-0.4, -0.2) is 54.4 Å². The Morgan fingerprint density at radius 3 is 2.19 bits per heavy atom. The van der Waals surface area contributed by atoms with Crippen LogP contribution in [0.5, 0.6) is 0 Å². The van der Waals surface area contributed by atoms with Crippen molar-refractivity contribution in [3.63, 3.8) is 0 Å². The van der Waals surface area contributed by atoms with Crippen molar-refractivity contribution in [1.29, 1.82) is 0 Å². The molecule has 0 N–H and O–H groups in total. The fourth-order valence-electron chi connectivity index (χ4n) is 3.49. The summed E-state index contributed by atoms with van der Waals surface area (Å²) in [5.74, 6) is 0. The highest BCUT2D eigenvalue weighted by Crippen LogP contribution is 2.36. The molecule has 2 aromatic rings. The van der Waals surface area contributed by atoms with Gasteiger partial charge in [0.1, 0.15) is 0 Å². The minimum Gasteiger partial charge on any atom is -0.399 e. The molecule has 144 valence electrons. The second kappa shape index (κ2) is 7.20. The molecule has 27 heavy (non-hydrogen) atoms. The first kappa shape index (κ1) is 18.9. The zero-order valence-corrected chi connectivity index (χ0v) is 17.5. The predicted octanol–water partition coefficient (Wildman–Crippen LogP) is 2.76. The third kappa shape index (κ3) is 3.92. The molecule has 0 unspecified atom stereocenters. The lowest BCUT2D eigenvalue weighted by Crippen LogP contribution is -2.46. The van der Waals surface area contributed by atoms with Crippen LogP contribution in [0.4, 0.5) is 5.13 Å². The van der Waals surface area contributed by atoms with Crippen LogP contribution in [-0.2, 0) is 15.9 Å². The number of hydrogen-bond donors (Lipinski definition) is 0. The normalized spacial score (nSPS) is 22.4. The SMILES string of the molecule is CC1(C)OB(c2ccc(CN3CCN(c4nccs4)CC3)cc2)OC1(C)C. The van der Waals surface area contributed by atoms with Crippen molar-refractivity contribution in [3.8, 4) is 0 Å². The van der Waals surface area contributed by atoms with Crippen LogP contribution < -0.4 is 10.4 Å². The van der Waals surface area contributed by atoms with Gasteiger partial charge in [-0.2, -0.15) is 0 Å². The number of piperazine rings is 1. The lowest BCUT2D eigenvalue weighted by molar-refractivity contribution is 0.00578. The summed E-state index contributed by atoms with van der Waals surface area (Å²) in [4.78, 5) is 9.30. The molecule has 0 bridgehead atoms. The van der Waals surface area contributed by atoms with E-state index in [1.807, 2.05) is 11.6 Å². The van der Waals surface area contributed by atoms with E-state index in [0.29, 0.717) is 0 Å². The van der Waals surface area contributed by atoms with Gasteiger partial charge in [-0.3, -0.25) is 4.90 Å². The first-order chi connectivity index (χ1) is 12.8. The zero-order valence-electron chi connectivity index (χ0n) is 16.6. The Hall–Kier alpha value is -1.41. The molecule has 1 aromatic heterocycles. The van der Waals surface area contributed by atoms with E-state index in [0.717, 1.165) is 43.3 Å². The number of benzene rings is 1. The summed E-state index contributed by atoms with van der Waals surface area (Å²) in [5.41, 5.74) is 1.82. The molecule has 3 heterocycles. The van der Waals surface area contributed by atoms with Gasteiger partial charge in [-0.05, 0) is 38.7 Å². The topological polar surface area (TPSA) is 37.8 Å². The molecule has 2 saturated heterocycles. The van der Waals surface area contributed by atoms with Gasteiger partial charge in [0, 0.05) is 44.3 Å². The van der Waals surface area contributed by atoms with Gasteiger partial charge in [0.05, 0.1) is 11.2 Å². The van der Waals surface area contributed by atoms with E-state index in [4.69, 9.17) is 9.31 Å². The minimum atomic E-state index is -0.298. The Labute approximate surface area is 166 Å². The maximum Gasteiger partial charge on any atom is 0.494 e.